The van der Waals surface area contributed by atoms with Crippen molar-refractivity contribution in [2.75, 3.05) is 45.2 Å². The highest BCUT2D eigenvalue weighted by atomic mass is 32.1. The van der Waals surface area contributed by atoms with E-state index >= 15 is 0 Å². The van der Waals surface area contributed by atoms with E-state index in [9.17, 15) is 0 Å². The molecule has 0 atom stereocenters. The molecule has 0 unspecified atom stereocenters. The Morgan fingerprint density at radius 2 is 1.79 bits per heavy atom. The van der Waals surface area contributed by atoms with Crippen LogP contribution in [0.4, 0.5) is 5.69 Å². The van der Waals surface area contributed by atoms with Crippen molar-refractivity contribution in [3.8, 4) is 11.5 Å². The van der Waals surface area contributed by atoms with Gasteiger partial charge in [0.2, 0.25) is 0 Å². The minimum atomic E-state index is 0.671. The zero-order chi connectivity index (χ0) is 19.9. The van der Waals surface area contributed by atoms with Crippen LogP contribution in [0.25, 0.3) is 0 Å². The van der Waals surface area contributed by atoms with Crippen LogP contribution in [0, 0.1) is 6.92 Å². The second kappa shape index (κ2) is 9.75. The molecule has 1 heterocycles. The second-order valence-corrected chi connectivity index (χ2v) is 7.35. The summed E-state index contributed by atoms with van der Waals surface area (Å²) in [6.45, 7) is 9.45. The van der Waals surface area contributed by atoms with Crippen LogP contribution in [-0.2, 0) is 6.54 Å². The third-order valence-corrected chi connectivity index (χ3v) is 5.27. The van der Waals surface area contributed by atoms with Gasteiger partial charge in [0.1, 0.15) is 11.5 Å². The Balaban J connectivity index is 1.50. The summed E-state index contributed by atoms with van der Waals surface area (Å²) >= 11 is 5.61. The van der Waals surface area contributed by atoms with E-state index in [2.05, 4.69) is 40.2 Å². The Hall–Kier alpha value is -2.31. The number of ether oxygens (including phenoxy) is 2. The van der Waals surface area contributed by atoms with Gasteiger partial charge in [-0.05, 0) is 56.4 Å². The summed E-state index contributed by atoms with van der Waals surface area (Å²) in [4.78, 5) is 4.68. The van der Waals surface area contributed by atoms with Crippen molar-refractivity contribution < 1.29 is 9.47 Å². The predicted octanol–water partition coefficient (Wildman–Crippen LogP) is 3.92. The van der Waals surface area contributed by atoms with Gasteiger partial charge in [-0.2, -0.15) is 0 Å². The molecule has 1 aliphatic heterocycles. The Labute approximate surface area is 173 Å². The molecule has 2 aromatic rings. The largest absolute Gasteiger partial charge is 0.496 e. The zero-order valence-corrected chi connectivity index (χ0v) is 17.7. The third kappa shape index (κ3) is 5.36. The highest BCUT2D eigenvalue weighted by Gasteiger charge is 2.20. The number of hydrogen-bond acceptors (Lipinski definition) is 4. The van der Waals surface area contributed by atoms with Crippen LogP contribution in [0.3, 0.4) is 0 Å². The number of rotatable bonds is 6. The van der Waals surface area contributed by atoms with E-state index in [4.69, 9.17) is 21.7 Å². The maximum Gasteiger partial charge on any atom is 0.173 e. The number of nitrogens with zero attached hydrogens (tertiary/aromatic N) is 2. The number of piperazine rings is 1. The van der Waals surface area contributed by atoms with Crippen molar-refractivity contribution in [2.24, 2.45) is 0 Å². The third-order valence-electron chi connectivity index (χ3n) is 4.91. The number of anilines is 1. The highest BCUT2D eigenvalue weighted by molar-refractivity contribution is 7.80. The molecule has 3 rings (SSSR count). The minimum absolute atomic E-state index is 0.671. The molecule has 0 aromatic heterocycles. The fourth-order valence-corrected chi connectivity index (χ4v) is 3.69. The van der Waals surface area contributed by atoms with Gasteiger partial charge >= 0.3 is 0 Å². The normalized spacial score (nSPS) is 14.6. The van der Waals surface area contributed by atoms with E-state index in [1.165, 1.54) is 11.1 Å². The fraction of sp³-hybridized carbons (Fsp3) is 0.409. The first-order valence-corrected chi connectivity index (χ1v) is 10.1. The average molecular weight is 400 g/mol. The van der Waals surface area contributed by atoms with Crippen LogP contribution in [0.15, 0.2) is 42.5 Å². The molecule has 0 spiro atoms. The number of benzene rings is 2. The molecular formula is C22H29N3O2S. The summed E-state index contributed by atoms with van der Waals surface area (Å²) in [6, 6.07) is 14.3. The van der Waals surface area contributed by atoms with Gasteiger partial charge < -0.3 is 19.7 Å². The molecule has 2 aromatic carbocycles. The molecule has 1 saturated heterocycles. The van der Waals surface area contributed by atoms with Gasteiger partial charge in [0.25, 0.3) is 0 Å². The summed E-state index contributed by atoms with van der Waals surface area (Å²) in [5, 5.41) is 4.11. The Morgan fingerprint density at radius 1 is 1.07 bits per heavy atom. The lowest BCUT2D eigenvalue weighted by atomic mass is 10.1. The van der Waals surface area contributed by atoms with E-state index in [0.29, 0.717) is 6.61 Å². The topological polar surface area (TPSA) is 37.0 Å². The van der Waals surface area contributed by atoms with Crippen molar-refractivity contribution >= 4 is 23.0 Å². The quantitative estimate of drug-likeness (QED) is 0.742. The van der Waals surface area contributed by atoms with Gasteiger partial charge in [-0.25, -0.2) is 0 Å². The summed E-state index contributed by atoms with van der Waals surface area (Å²) in [5.74, 6) is 1.83. The van der Waals surface area contributed by atoms with Crippen LogP contribution in [-0.4, -0.2) is 54.8 Å². The van der Waals surface area contributed by atoms with Gasteiger partial charge in [0.05, 0.1) is 13.7 Å². The standard InChI is InChI=1S/C22H29N3O2S/c1-4-27-20-8-6-19(7-9-20)23-22(28)25-13-11-24(12-14-25)16-18-15-17(2)5-10-21(18)26-3/h5-10,15H,4,11-14,16H2,1-3H3,(H,23,28). The van der Waals surface area contributed by atoms with Gasteiger partial charge in [0.15, 0.2) is 5.11 Å². The van der Waals surface area contributed by atoms with E-state index in [1.54, 1.807) is 7.11 Å². The molecule has 28 heavy (non-hydrogen) atoms. The fourth-order valence-electron chi connectivity index (χ4n) is 3.38. The molecular weight excluding hydrogens is 370 g/mol. The maximum absolute atomic E-state index is 5.61. The van der Waals surface area contributed by atoms with Crippen molar-refractivity contribution in [1.82, 2.24) is 9.80 Å². The van der Waals surface area contributed by atoms with E-state index in [1.807, 2.05) is 31.2 Å². The van der Waals surface area contributed by atoms with Crippen LogP contribution in [0.1, 0.15) is 18.1 Å². The average Bonchev–Trinajstić information content (AvgIpc) is 2.70. The van der Waals surface area contributed by atoms with Crippen LogP contribution in [0.2, 0.25) is 0 Å². The summed E-state index contributed by atoms with van der Waals surface area (Å²) in [5.41, 5.74) is 3.49. The molecule has 0 aliphatic carbocycles. The maximum atomic E-state index is 5.61. The van der Waals surface area contributed by atoms with Crippen LogP contribution >= 0.6 is 12.2 Å². The van der Waals surface area contributed by atoms with Crippen molar-refractivity contribution in [2.45, 2.75) is 20.4 Å². The summed E-state index contributed by atoms with van der Waals surface area (Å²) in [6.07, 6.45) is 0. The minimum Gasteiger partial charge on any atom is -0.496 e. The SMILES string of the molecule is CCOc1ccc(NC(=S)N2CCN(Cc3cc(C)ccc3OC)CC2)cc1. The number of thiocarbonyl (C=S) groups is 1. The van der Waals surface area contributed by atoms with Crippen LogP contribution < -0.4 is 14.8 Å². The lowest BCUT2D eigenvalue weighted by Gasteiger charge is -2.36. The Kier molecular flexibility index (Phi) is 7.12. The first-order chi connectivity index (χ1) is 13.6. The summed E-state index contributed by atoms with van der Waals surface area (Å²) in [7, 11) is 1.73. The lowest BCUT2D eigenvalue weighted by molar-refractivity contribution is 0.175. The monoisotopic (exact) mass is 399 g/mol. The van der Waals surface area contributed by atoms with Crippen molar-refractivity contribution in [3.63, 3.8) is 0 Å². The molecule has 0 radical (unpaired) electrons. The zero-order valence-electron chi connectivity index (χ0n) is 16.9. The van der Waals surface area contributed by atoms with Gasteiger partial charge in [-0.15, -0.1) is 0 Å². The highest BCUT2D eigenvalue weighted by Crippen LogP contribution is 2.22. The first kappa shape index (κ1) is 20.4. The molecule has 1 N–H and O–H groups in total. The number of methoxy groups -OCH3 is 1. The van der Waals surface area contributed by atoms with Crippen LogP contribution in [0.5, 0.6) is 11.5 Å². The smallest absolute Gasteiger partial charge is 0.173 e. The lowest BCUT2D eigenvalue weighted by Crippen LogP contribution is -2.49. The Bertz CT molecular complexity index is 787. The molecule has 0 saturated carbocycles. The number of aryl methyl sites for hydroxylation is 1. The molecule has 6 heteroatoms. The molecule has 150 valence electrons. The number of hydrogen-bond donors (Lipinski definition) is 1. The van der Waals surface area contributed by atoms with Crippen molar-refractivity contribution in [1.29, 1.82) is 0 Å². The van der Waals surface area contributed by atoms with Gasteiger partial charge in [0, 0.05) is 44.0 Å². The molecule has 0 bridgehead atoms. The summed E-state index contributed by atoms with van der Waals surface area (Å²) < 4.78 is 11.0. The first-order valence-electron chi connectivity index (χ1n) is 9.73. The van der Waals surface area contributed by atoms with Crippen molar-refractivity contribution in [3.05, 3.63) is 53.6 Å². The number of nitrogens with one attached hydrogen (secondary N) is 1. The second-order valence-electron chi connectivity index (χ2n) is 6.97. The predicted molar refractivity (Wildman–Crippen MR) is 118 cm³/mol. The van der Waals surface area contributed by atoms with E-state index < -0.39 is 0 Å². The molecule has 1 fully saturated rings. The van der Waals surface area contributed by atoms with Gasteiger partial charge in [-0.1, -0.05) is 17.7 Å². The van der Waals surface area contributed by atoms with Gasteiger partial charge in [-0.3, -0.25) is 4.90 Å². The molecule has 0 amide bonds. The van der Waals surface area contributed by atoms with E-state index in [-0.39, 0.29) is 0 Å². The molecule has 1 aliphatic rings. The molecule has 5 nitrogen and oxygen atoms in total. The van der Waals surface area contributed by atoms with E-state index in [0.717, 1.165) is 55.0 Å². The Morgan fingerprint density at radius 3 is 2.43 bits per heavy atom.